The predicted molar refractivity (Wildman–Crippen MR) is 112 cm³/mol. The maximum Gasteiger partial charge on any atom is 0.226 e. The van der Waals surface area contributed by atoms with Gasteiger partial charge in [0.05, 0.1) is 0 Å². The molecule has 0 spiro atoms. The van der Waals surface area contributed by atoms with E-state index in [1.807, 2.05) is 0 Å². The number of aromatic hydroxyl groups is 2. The van der Waals surface area contributed by atoms with E-state index < -0.39 is 5.92 Å². The first-order valence-electron chi connectivity index (χ1n) is 10.4. The number of likely N-dealkylation sites (tertiary alicyclic amines) is 1. The van der Waals surface area contributed by atoms with Gasteiger partial charge in [0.1, 0.15) is 6.04 Å². The lowest BCUT2D eigenvalue weighted by atomic mass is 9.98. The number of carbonyl (C=O) groups excluding carboxylic acids is 3. The van der Waals surface area contributed by atoms with Crippen molar-refractivity contribution in [3.63, 3.8) is 0 Å². The summed E-state index contributed by atoms with van der Waals surface area (Å²) in [5, 5.41) is 19.4. The molecule has 1 aliphatic carbocycles. The third kappa shape index (κ3) is 5.32. The minimum absolute atomic E-state index is 0.00374. The SMILES string of the molecule is CC(CC(=O)c1ccc(O)c(O)c1)C(=O)N1CCCC1C(=O)SC1CCCCC1. The van der Waals surface area contributed by atoms with E-state index in [0.717, 1.165) is 19.3 Å². The zero-order chi connectivity index (χ0) is 21.0. The molecular formula is C22H29NO5S. The molecule has 7 heteroatoms. The van der Waals surface area contributed by atoms with Gasteiger partial charge in [0.2, 0.25) is 11.0 Å². The van der Waals surface area contributed by atoms with Crippen LogP contribution in [0, 0.1) is 5.92 Å². The second-order valence-electron chi connectivity index (χ2n) is 8.12. The molecule has 0 radical (unpaired) electrons. The number of nitrogens with zero attached hydrogens (tertiary/aromatic N) is 1. The van der Waals surface area contributed by atoms with E-state index in [0.29, 0.717) is 18.2 Å². The highest BCUT2D eigenvalue weighted by atomic mass is 32.2. The number of ketones is 1. The molecular weight excluding hydrogens is 390 g/mol. The third-order valence-electron chi connectivity index (χ3n) is 5.85. The molecule has 2 atom stereocenters. The molecule has 1 heterocycles. The zero-order valence-electron chi connectivity index (χ0n) is 16.8. The second kappa shape index (κ2) is 9.65. The van der Waals surface area contributed by atoms with Crippen molar-refractivity contribution in [3.05, 3.63) is 23.8 Å². The Morgan fingerprint density at radius 3 is 2.48 bits per heavy atom. The number of hydrogen-bond acceptors (Lipinski definition) is 6. The van der Waals surface area contributed by atoms with Gasteiger partial charge in [-0.1, -0.05) is 37.9 Å². The number of thioether (sulfide) groups is 1. The molecule has 6 nitrogen and oxygen atoms in total. The van der Waals surface area contributed by atoms with Crippen LogP contribution < -0.4 is 0 Å². The Hall–Kier alpha value is -2.02. The number of phenolic OH excluding ortho intramolecular Hbond substituents is 2. The summed E-state index contributed by atoms with van der Waals surface area (Å²) in [5.41, 5.74) is 0.252. The van der Waals surface area contributed by atoms with Crippen LogP contribution in [-0.2, 0) is 9.59 Å². The number of Topliss-reactive ketones (excluding diaryl/α,β-unsaturated/α-hetero) is 1. The fraction of sp³-hybridized carbons (Fsp3) is 0.591. The van der Waals surface area contributed by atoms with Crippen LogP contribution in [-0.4, -0.2) is 49.8 Å². The summed E-state index contributed by atoms with van der Waals surface area (Å²) < 4.78 is 0. The Morgan fingerprint density at radius 1 is 1.07 bits per heavy atom. The molecule has 0 aromatic heterocycles. The lowest BCUT2D eigenvalue weighted by Crippen LogP contribution is -2.43. The monoisotopic (exact) mass is 419 g/mol. The maximum atomic E-state index is 13.0. The third-order valence-corrected chi connectivity index (χ3v) is 7.16. The fourth-order valence-electron chi connectivity index (χ4n) is 4.16. The first-order chi connectivity index (χ1) is 13.9. The number of carbonyl (C=O) groups is 3. The molecule has 0 bridgehead atoms. The number of phenols is 2. The maximum absolute atomic E-state index is 13.0. The topological polar surface area (TPSA) is 94.9 Å². The van der Waals surface area contributed by atoms with Gasteiger partial charge in [-0.3, -0.25) is 14.4 Å². The molecule has 1 saturated heterocycles. The molecule has 1 aromatic carbocycles. The van der Waals surface area contributed by atoms with Gasteiger partial charge in [0.15, 0.2) is 17.3 Å². The van der Waals surface area contributed by atoms with Gasteiger partial charge < -0.3 is 15.1 Å². The Bertz CT molecular complexity index is 774. The van der Waals surface area contributed by atoms with Gasteiger partial charge in [0, 0.05) is 29.7 Å². The van der Waals surface area contributed by atoms with Crippen LogP contribution in [0.5, 0.6) is 11.5 Å². The van der Waals surface area contributed by atoms with Crippen LogP contribution in [0.3, 0.4) is 0 Å². The Morgan fingerprint density at radius 2 is 1.79 bits per heavy atom. The molecule has 2 N–H and O–H groups in total. The average Bonchev–Trinajstić information content (AvgIpc) is 3.20. The van der Waals surface area contributed by atoms with E-state index >= 15 is 0 Å². The van der Waals surface area contributed by atoms with E-state index in [4.69, 9.17) is 0 Å². The quantitative estimate of drug-likeness (QED) is 0.537. The number of rotatable bonds is 6. The molecule has 2 aliphatic rings. The minimum atomic E-state index is -0.550. The highest BCUT2D eigenvalue weighted by Crippen LogP contribution is 2.33. The summed E-state index contributed by atoms with van der Waals surface area (Å²) in [6, 6.07) is 3.51. The van der Waals surface area contributed by atoms with E-state index in [1.165, 1.54) is 49.2 Å². The average molecular weight is 420 g/mol. The number of amides is 1. The Labute approximate surface area is 175 Å². The normalized spacial score (nSPS) is 21.1. The second-order valence-corrected chi connectivity index (χ2v) is 9.42. The highest BCUT2D eigenvalue weighted by molar-refractivity contribution is 8.14. The van der Waals surface area contributed by atoms with Crippen molar-refractivity contribution in [1.82, 2.24) is 4.90 Å². The van der Waals surface area contributed by atoms with Gasteiger partial charge in [0.25, 0.3) is 0 Å². The van der Waals surface area contributed by atoms with Crippen molar-refractivity contribution >= 4 is 28.6 Å². The summed E-state index contributed by atoms with van der Waals surface area (Å²) in [5.74, 6) is -1.65. The van der Waals surface area contributed by atoms with Crippen molar-refractivity contribution in [2.75, 3.05) is 6.54 Å². The summed E-state index contributed by atoms with van der Waals surface area (Å²) in [7, 11) is 0. The molecule has 1 aromatic rings. The molecule has 3 rings (SSSR count). The number of hydrogen-bond donors (Lipinski definition) is 2. The largest absolute Gasteiger partial charge is 0.504 e. The van der Waals surface area contributed by atoms with Crippen LogP contribution >= 0.6 is 11.8 Å². The molecule has 2 fully saturated rings. The summed E-state index contributed by atoms with van der Waals surface area (Å²) in [4.78, 5) is 39.9. The van der Waals surface area contributed by atoms with Crippen LogP contribution in [0.1, 0.15) is 68.6 Å². The molecule has 1 aliphatic heterocycles. The Balaban J connectivity index is 1.59. The predicted octanol–water partition coefficient (Wildman–Crippen LogP) is 3.89. The van der Waals surface area contributed by atoms with E-state index in [1.54, 1.807) is 11.8 Å². The van der Waals surface area contributed by atoms with Gasteiger partial charge in [-0.05, 0) is 43.9 Å². The van der Waals surface area contributed by atoms with Crippen LogP contribution in [0.2, 0.25) is 0 Å². The van der Waals surface area contributed by atoms with Gasteiger partial charge >= 0.3 is 0 Å². The van der Waals surface area contributed by atoms with Crippen LogP contribution in [0.25, 0.3) is 0 Å². The van der Waals surface area contributed by atoms with Crippen molar-refractivity contribution in [2.24, 2.45) is 5.92 Å². The summed E-state index contributed by atoms with van der Waals surface area (Å²) in [6.07, 6.45) is 7.22. The first-order valence-corrected chi connectivity index (χ1v) is 11.3. The zero-order valence-corrected chi connectivity index (χ0v) is 17.6. The van der Waals surface area contributed by atoms with Gasteiger partial charge in [-0.25, -0.2) is 0 Å². The molecule has 1 saturated carbocycles. The number of benzene rings is 1. The molecule has 2 unspecified atom stereocenters. The lowest BCUT2D eigenvalue weighted by molar-refractivity contribution is -0.138. The molecule has 1 amide bonds. The van der Waals surface area contributed by atoms with Crippen molar-refractivity contribution in [3.8, 4) is 11.5 Å². The van der Waals surface area contributed by atoms with Gasteiger partial charge in [-0.15, -0.1) is 0 Å². The van der Waals surface area contributed by atoms with Crippen LogP contribution in [0.4, 0.5) is 0 Å². The Kier molecular flexibility index (Phi) is 7.22. The minimum Gasteiger partial charge on any atom is -0.504 e. The van der Waals surface area contributed by atoms with Crippen molar-refractivity contribution in [1.29, 1.82) is 0 Å². The molecule has 29 heavy (non-hydrogen) atoms. The summed E-state index contributed by atoms with van der Waals surface area (Å²) in [6.45, 7) is 2.26. The standard InChI is InChI=1S/C22H29NO5S/c1-14(12-19(25)15-9-10-18(24)20(26)13-15)21(27)23-11-5-8-17(23)22(28)29-16-6-3-2-4-7-16/h9-10,13-14,16-17,24,26H,2-8,11-12H2,1H3. The van der Waals surface area contributed by atoms with E-state index in [-0.39, 0.29) is 46.3 Å². The van der Waals surface area contributed by atoms with E-state index in [9.17, 15) is 24.6 Å². The fourth-order valence-corrected chi connectivity index (χ4v) is 5.46. The summed E-state index contributed by atoms with van der Waals surface area (Å²) >= 11 is 1.41. The van der Waals surface area contributed by atoms with E-state index in [2.05, 4.69) is 0 Å². The lowest BCUT2D eigenvalue weighted by Gasteiger charge is -2.28. The highest BCUT2D eigenvalue weighted by Gasteiger charge is 2.37. The first kappa shape index (κ1) is 21.7. The van der Waals surface area contributed by atoms with Crippen molar-refractivity contribution in [2.45, 2.75) is 69.6 Å². The van der Waals surface area contributed by atoms with Gasteiger partial charge in [-0.2, -0.15) is 0 Å². The molecule has 158 valence electrons. The smallest absolute Gasteiger partial charge is 0.226 e. The van der Waals surface area contributed by atoms with Crippen LogP contribution in [0.15, 0.2) is 18.2 Å². The van der Waals surface area contributed by atoms with Crippen molar-refractivity contribution < 1.29 is 24.6 Å².